The number of benzene rings is 2. The van der Waals surface area contributed by atoms with E-state index in [0.29, 0.717) is 32.4 Å². The Balaban J connectivity index is 2.19. The molecule has 2 aromatic rings. The first-order valence-electron chi connectivity index (χ1n) is 10.3. The Morgan fingerprint density at radius 3 is 2.41 bits per heavy atom. The molecule has 1 atom stereocenters. The highest BCUT2D eigenvalue weighted by Gasteiger charge is 2.28. The molecule has 1 N–H and O–H groups in total. The second kappa shape index (κ2) is 11.9. The van der Waals surface area contributed by atoms with Crippen LogP contribution in [0.5, 0.6) is 5.75 Å². The van der Waals surface area contributed by atoms with Crippen molar-refractivity contribution in [3.63, 3.8) is 0 Å². The van der Waals surface area contributed by atoms with Crippen molar-refractivity contribution in [3.05, 3.63) is 65.7 Å². The molecule has 0 radical (unpaired) electrons. The van der Waals surface area contributed by atoms with Crippen molar-refractivity contribution >= 4 is 11.8 Å². The first kappa shape index (κ1) is 22.5. The summed E-state index contributed by atoms with van der Waals surface area (Å²) < 4.78 is 5.31. The summed E-state index contributed by atoms with van der Waals surface area (Å²) in [6, 6.07) is 17.1. The van der Waals surface area contributed by atoms with Crippen molar-refractivity contribution < 1.29 is 14.3 Å². The van der Waals surface area contributed by atoms with Gasteiger partial charge >= 0.3 is 0 Å². The smallest absolute Gasteiger partial charge is 0.242 e. The van der Waals surface area contributed by atoms with Crippen molar-refractivity contribution in [1.82, 2.24) is 10.2 Å². The fourth-order valence-electron chi connectivity index (χ4n) is 3.29. The number of hydrogen-bond acceptors (Lipinski definition) is 3. The molecular weight excluding hydrogens is 364 g/mol. The largest absolute Gasteiger partial charge is 0.497 e. The highest BCUT2D eigenvalue weighted by molar-refractivity contribution is 5.87. The highest BCUT2D eigenvalue weighted by Crippen LogP contribution is 2.18. The molecule has 0 unspecified atom stereocenters. The topological polar surface area (TPSA) is 58.6 Å². The predicted molar refractivity (Wildman–Crippen MR) is 116 cm³/mol. The van der Waals surface area contributed by atoms with Crippen LogP contribution >= 0.6 is 0 Å². The minimum absolute atomic E-state index is 0.0184. The van der Waals surface area contributed by atoms with E-state index in [1.54, 1.807) is 12.0 Å². The van der Waals surface area contributed by atoms with Gasteiger partial charge in [0.2, 0.25) is 11.8 Å². The monoisotopic (exact) mass is 396 g/mol. The van der Waals surface area contributed by atoms with Crippen LogP contribution < -0.4 is 10.1 Å². The molecule has 29 heavy (non-hydrogen) atoms. The number of carbonyl (C=O) groups is 2. The van der Waals surface area contributed by atoms with Gasteiger partial charge in [0.05, 0.1) is 7.11 Å². The number of ether oxygens (including phenoxy) is 1. The van der Waals surface area contributed by atoms with Crippen LogP contribution in [0.1, 0.15) is 44.2 Å². The summed E-state index contributed by atoms with van der Waals surface area (Å²) in [5.74, 6) is 0.628. The Morgan fingerprint density at radius 1 is 1.03 bits per heavy atom. The fourth-order valence-corrected chi connectivity index (χ4v) is 3.29. The van der Waals surface area contributed by atoms with Gasteiger partial charge in [-0.1, -0.05) is 56.3 Å². The molecule has 0 aliphatic carbocycles. The number of carbonyl (C=O) groups excluding carboxylic acids is 2. The van der Waals surface area contributed by atoms with Crippen LogP contribution in [0.3, 0.4) is 0 Å². The quantitative estimate of drug-likeness (QED) is 0.625. The van der Waals surface area contributed by atoms with Crippen molar-refractivity contribution in [2.75, 3.05) is 13.7 Å². The summed E-state index contributed by atoms with van der Waals surface area (Å²) in [6.07, 6.45) is 2.45. The highest BCUT2D eigenvalue weighted by atomic mass is 16.5. The first-order valence-corrected chi connectivity index (χ1v) is 10.3. The van der Waals surface area contributed by atoms with Gasteiger partial charge in [-0.3, -0.25) is 9.59 Å². The van der Waals surface area contributed by atoms with E-state index in [-0.39, 0.29) is 11.8 Å². The maximum absolute atomic E-state index is 13.2. The molecule has 0 aromatic heterocycles. The Labute approximate surface area is 174 Å². The SMILES string of the molecule is CCCNC(=O)[C@H](CC)N(Cc1cccc(OC)c1)C(=O)CCc1ccccc1. The molecule has 2 aromatic carbocycles. The molecule has 2 rings (SSSR count). The lowest BCUT2D eigenvalue weighted by atomic mass is 10.1. The van der Waals surface area contributed by atoms with Crippen LogP contribution in [0.15, 0.2) is 54.6 Å². The Kier molecular flexibility index (Phi) is 9.22. The molecule has 0 saturated carbocycles. The van der Waals surface area contributed by atoms with E-state index in [1.807, 2.05) is 68.4 Å². The van der Waals surface area contributed by atoms with Gasteiger partial charge in [0.25, 0.3) is 0 Å². The number of aryl methyl sites for hydroxylation is 1. The second-order valence-corrected chi connectivity index (χ2v) is 7.07. The van der Waals surface area contributed by atoms with Gasteiger partial charge in [-0.05, 0) is 42.5 Å². The van der Waals surface area contributed by atoms with Crippen LogP contribution in [0.2, 0.25) is 0 Å². The zero-order valence-corrected chi connectivity index (χ0v) is 17.7. The molecule has 156 valence electrons. The molecule has 5 heteroatoms. The molecule has 0 aliphatic heterocycles. The maximum atomic E-state index is 13.2. The molecule has 0 aliphatic rings. The van der Waals surface area contributed by atoms with Gasteiger partial charge in [-0.2, -0.15) is 0 Å². The minimum Gasteiger partial charge on any atom is -0.497 e. The van der Waals surface area contributed by atoms with Crippen LogP contribution in [0.4, 0.5) is 0 Å². The van der Waals surface area contributed by atoms with Crippen molar-refractivity contribution in [3.8, 4) is 5.75 Å². The first-order chi connectivity index (χ1) is 14.1. The molecule has 0 fully saturated rings. The van der Waals surface area contributed by atoms with E-state index in [1.165, 1.54) is 0 Å². The number of hydrogen-bond donors (Lipinski definition) is 1. The van der Waals surface area contributed by atoms with Crippen molar-refractivity contribution in [2.24, 2.45) is 0 Å². The van der Waals surface area contributed by atoms with Crippen LogP contribution in [0, 0.1) is 0 Å². The number of nitrogens with one attached hydrogen (secondary N) is 1. The second-order valence-electron chi connectivity index (χ2n) is 7.07. The molecule has 0 spiro atoms. The van der Waals surface area contributed by atoms with Gasteiger partial charge in [0.1, 0.15) is 11.8 Å². The number of amides is 2. The third-order valence-electron chi connectivity index (χ3n) is 4.89. The van der Waals surface area contributed by atoms with Crippen LogP contribution in [0.25, 0.3) is 0 Å². The lowest BCUT2D eigenvalue weighted by molar-refractivity contribution is -0.141. The predicted octanol–water partition coefficient (Wildman–Crippen LogP) is 3.96. The summed E-state index contributed by atoms with van der Waals surface area (Å²) in [6.45, 7) is 4.95. The molecule has 0 heterocycles. The lowest BCUT2D eigenvalue weighted by Gasteiger charge is -2.31. The third kappa shape index (κ3) is 6.93. The van der Waals surface area contributed by atoms with Gasteiger partial charge < -0.3 is 15.0 Å². The van der Waals surface area contributed by atoms with E-state index < -0.39 is 6.04 Å². The summed E-state index contributed by atoms with van der Waals surface area (Å²) in [5.41, 5.74) is 2.06. The lowest BCUT2D eigenvalue weighted by Crippen LogP contribution is -2.49. The summed E-state index contributed by atoms with van der Waals surface area (Å²) in [5, 5.41) is 2.94. The van der Waals surface area contributed by atoms with E-state index in [2.05, 4.69) is 5.32 Å². The molecule has 2 amide bonds. The van der Waals surface area contributed by atoms with E-state index in [0.717, 1.165) is 23.3 Å². The number of nitrogens with zero attached hydrogens (tertiary/aromatic N) is 1. The normalized spacial score (nSPS) is 11.6. The molecule has 5 nitrogen and oxygen atoms in total. The van der Waals surface area contributed by atoms with Gasteiger partial charge in [0, 0.05) is 19.5 Å². The van der Waals surface area contributed by atoms with Gasteiger partial charge in [0.15, 0.2) is 0 Å². The Morgan fingerprint density at radius 2 is 1.76 bits per heavy atom. The standard InChI is InChI=1S/C24H32N2O3/c1-4-16-25-24(28)22(5-2)26(18-20-12-9-13-21(17-20)29-3)23(27)15-14-19-10-7-6-8-11-19/h6-13,17,22H,4-5,14-16,18H2,1-3H3,(H,25,28)/t22-/m0/s1. The zero-order valence-electron chi connectivity index (χ0n) is 17.7. The summed E-state index contributed by atoms with van der Waals surface area (Å²) >= 11 is 0. The summed E-state index contributed by atoms with van der Waals surface area (Å²) in [4.78, 5) is 27.6. The number of methoxy groups -OCH3 is 1. The maximum Gasteiger partial charge on any atom is 0.242 e. The zero-order chi connectivity index (χ0) is 21.1. The molecule has 0 bridgehead atoms. The number of rotatable bonds is 11. The average Bonchev–Trinajstić information content (AvgIpc) is 2.76. The fraction of sp³-hybridized carbons (Fsp3) is 0.417. The molecular formula is C24H32N2O3. The van der Waals surface area contributed by atoms with E-state index in [9.17, 15) is 9.59 Å². The van der Waals surface area contributed by atoms with E-state index in [4.69, 9.17) is 4.74 Å². The van der Waals surface area contributed by atoms with Gasteiger partial charge in [-0.25, -0.2) is 0 Å². The summed E-state index contributed by atoms with van der Waals surface area (Å²) in [7, 11) is 1.62. The molecule has 0 saturated heterocycles. The van der Waals surface area contributed by atoms with Gasteiger partial charge in [-0.15, -0.1) is 0 Å². The average molecular weight is 397 g/mol. The van der Waals surface area contributed by atoms with Crippen molar-refractivity contribution in [1.29, 1.82) is 0 Å². The minimum atomic E-state index is -0.490. The van der Waals surface area contributed by atoms with Crippen LogP contribution in [-0.4, -0.2) is 36.4 Å². The van der Waals surface area contributed by atoms with Crippen molar-refractivity contribution in [2.45, 2.75) is 52.1 Å². The third-order valence-corrected chi connectivity index (χ3v) is 4.89. The van der Waals surface area contributed by atoms with Crippen LogP contribution in [-0.2, 0) is 22.6 Å². The Hall–Kier alpha value is -2.82. The van der Waals surface area contributed by atoms with E-state index >= 15 is 0 Å². The Bertz CT molecular complexity index is 777.